The fourth-order valence-corrected chi connectivity index (χ4v) is 2.19. The van der Waals surface area contributed by atoms with Gasteiger partial charge in [-0.05, 0) is 0 Å². The fraction of sp³-hybridized carbons (Fsp3) is 0.462. The molecule has 1 heterocycles. The number of nitrogens with one attached hydrogen (secondary N) is 1. The fourth-order valence-electron chi connectivity index (χ4n) is 2.19. The molecule has 2 rings (SSSR count). The van der Waals surface area contributed by atoms with E-state index in [2.05, 4.69) is 10.2 Å². The quantitative estimate of drug-likeness (QED) is 0.842. The number of rotatable bonds is 4. The summed E-state index contributed by atoms with van der Waals surface area (Å²) in [5, 5.41) is 2.88. The third kappa shape index (κ3) is 2.73. The van der Waals surface area contributed by atoms with Gasteiger partial charge in [0.25, 0.3) is 0 Å². The van der Waals surface area contributed by atoms with Crippen LogP contribution in [0.25, 0.3) is 0 Å². The third-order valence-electron chi connectivity index (χ3n) is 3.12. The first-order valence-electron chi connectivity index (χ1n) is 6.20. The maximum absolute atomic E-state index is 11.7. The summed E-state index contributed by atoms with van der Waals surface area (Å²) >= 11 is 0. The number of methoxy groups -OCH3 is 2. The second-order valence-corrected chi connectivity index (χ2v) is 4.30. The molecule has 0 bridgehead atoms. The molecule has 0 aliphatic carbocycles. The Balaban J connectivity index is 2.48. The van der Waals surface area contributed by atoms with E-state index >= 15 is 0 Å². The lowest BCUT2D eigenvalue weighted by molar-refractivity contribution is -0.115. The van der Waals surface area contributed by atoms with E-state index in [4.69, 9.17) is 15.2 Å². The Morgan fingerprint density at radius 1 is 1.32 bits per heavy atom. The number of amides is 1. The number of anilines is 2. The Morgan fingerprint density at radius 2 is 2.00 bits per heavy atom. The topological polar surface area (TPSA) is 76.8 Å². The molecule has 6 nitrogen and oxygen atoms in total. The van der Waals surface area contributed by atoms with Crippen LogP contribution in [0.1, 0.15) is 6.42 Å². The molecule has 1 amide bonds. The molecule has 3 N–H and O–H groups in total. The zero-order chi connectivity index (χ0) is 13.8. The largest absolute Gasteiger partial charge is 0.493 e. The van der Waals surface area contributed by atoms with Crippen molar-refractivity contribution >= 4 is 17.3 Å². The number of fused-ring (bicyclic) bond motifs is 1. The van der Waals surface area contributed by atoms with Gasteiger partial charge in [0.15, 0.2) is 11.5 Å². The third-order valence-corrected chi connectivity index (χ3v) is 3.12. The summed E-state index contributed by atoms with van der Waals surface area (Å²) in [6, 6.07) is 3.65. The van der Waals surface area contributed by atoms with Crippen LogP contribution >= 0.6 is 0 Å². The highest BCUT2D eigenvalue weighted by Gasteiger charge is 2.21. The number of hydrogen-bond acceptors (Lipinski definition) is 5. The summed E-state index contributed by atoms with van der Waals surface area (Å²) in [6.07, 6.45) is 0.444. The Kier molecular flexibility index (Phi) is 4.11. The lowest BCUT2D eigenvalue weighted by atomic mass is 10.2. The average Bonchev–Trinajstić information content (AvgIpc) is 2.57. The molecule has 1 aromatic carbocycles. The average molecular weight is 265 g/mol. The van der Waals surface area contributed by atoms with Crippen LogP contribution in [-0.4, -0.2) is 39.8 Å². The normalized spacial score (nSPS) is 14.5. The molecule has 0 saturated heterocycles. The van der Waals surface area contributed by atoms with E-state index in [0.717, 1.165) is 11.4 Å². The first kappa shape index (κ1) is 13.5. The van der Waals surface area contributed by atoms with E-state index in [1.165, 1.54) is 0 Å². The number of ether oxygens (including phenoxy) is 2. The Morgan fingerprint density at radius 3 is 2.63 bits per heavy atom. The maximum atomic E-state index is 11.7. The lowest BCUT2D eigenvalue weighted by Gasteiger charge is -2.24. The van der Waals surface area contributed by atoms with E-state index in [1.54, 1.807) is 20.3 Å². The summed E-state index contributed by atoms with van der Waals surface area (Å²) < 4.78 is 10.6. The highest BCUT2D eigenvalue weighted by molar-refractivity contribution is 5.97. The summed E-state index contributed by atoms with van der Waals surface area (Å²) in [7, 11) is 3.16. The number of hydrogen-bond donors (Lipinski definition) is 2. The van der Waals surface area contributed by atoms with E-state index in [9.17, 15) is 4.79 Å². The first-order valence-corrected chi connectivity index (χ1v) is 6.20. The Bertz CT molecular complexity index is 476. The van der Waals surface area contributed by atoms with E-state index in [1.807, 2.05) is 6.07 Å². The van der Waals surface area contributed by atoms with Gasteiger partial charge in [-0.15, -0.1) is 0 Å². The number of nitrogens with zero attached hydrogens (tertiary/aromatic N) is 1. The van der Waals surface area contributed by atoms with Gasteiger partial charge in [-0.2, -0.15) is 0 Å². The maximum Gasteiger partial charge on any atom is 0.226 e. The summed E-state index contributed by atoms with van der Waals surface area (Å²) in [4.78, 5) is 13.8. The number of carbonyl (C=O) groups is 1. The molecule has 0 fully saturated rings. The van der Waals surface area contributed by atoms with Crippen LogP contribution in [-0.2, 0) is 4.79 Å². The van der Waals surface area contributed by atoms with Crippen LogP contribution in [0.2, 0.25) is 0 Å². The molecule has 1 aliphatic rings. The minimum absolute atomic E-state index is 0.00649. The number of nitrogens with two attached hydrogens (primary N) is 1. The summed E-state index contributed by atoms with van der Waals surface area (Å²) in [5.41, 5.74) is 7.27. The van der Waals surface area contributed by atoms with Crippen LogP contribution in [0.5, 0.6) is 11.5 Å². The highest BCUT2D eigenvalue weighted by Crippen LogP contribution is 2.39. The monoisotopic (exact) mass is 265 g/mol. The minimum Gasteiger partial charge on any atom is -0.493 e. The van der Waals surface area contributed by atoms with Gasteiger partial charge in [-0.25, -0.2) is 0 Å². The molecule has 0 aromatic heterocycles. The number of carbonyl (C=O) groups excluding carboxylic acids is 1. The smallest absolute Gasteiger partial charge is 0.226 e. The van der Waals surface area contributed by atoms with E-state index in [-0.39, 0.29) is 5.91 Å². The van der Waals surface area contributed by atoms with Crippen LogP contribution in [0.15, 0.2) is 12.1 Å². The zero-order valence-corrected chi connectivity index (χ0v) is 11.2. The molecule has 104 valence electrons. The molecule has 1 aromatic rings. The molecule has 0 atom stereocenters. The van der Waals surface area contributed by atoms with Crippen molar-refractivity contribution in [3.63, 3.8) is 0 Å². The van der Waals surface area contributed by atoms with Gasteiger partial charge < -0.3 is 25.4 Å². The van der Waals surface area contributed by atoms with Crippen LogP contribution < -0.4 is 25.4 Å². The summed E-state index contributed by atoms with van der Waals surface area (Å²) in [5.74, 6) is 1.23. The molecule has 1 aliphatic heterocycles. The van der Waals surface area contributed by atoms with Crippen molar-refractivity contribution < 1.29 is 14.3 Å². The minimum atomic E-state index is -0.00649. The highest BCUT2D eigenvalue weighted by atomic mass is 16.5. The van der Waals surface area contributed by atoms with Gasteiger partial charge in [0.2, 0.25) is 5.91 Å². The van der Waals surface area contributed by atoms with Gasteiger partial charge in [0.05, 0.1) is 25.6 Å². The molecule has 0 radical (unpaired) electrons. The van der Waals surface area contributed by atoms with Gasteiger partial charge in [-0.3, -0.25) is 4.79 Å². The Labute approximate surface area is 112 Å². The second-order valence-electron chi connectivity index (χ2n) is 4.30. The van der Waals surface area contributed by atoms with Crippen molar-refractivity contribution in [2.75, 3.05) is 44.1 Å². The molecular formula is C13H19N3O3. The van der Waals surface area contributed by atoms with Gasteiger partial charge in [0.1, 0.15) is 0 Å². The molecule has 0 unspecified atom stereocenters. The van der Waals surface area contributed by atoms with Crippen LogP contribution in [0.3, 0.4) is 0 Å². The molecular weight excluding hydrogens is 246 g/mol. The van der Waals surface area contributed by atoms with Crippen molar-refractivity contribution in [2.45, 2.75) is 6.42 Å². The van der Waals surface area contributed by atoms with Crippen molar-refractivity contribution in [1.29, 1.82) is 0 Å². The SMILES string of the molecule is COc1cc2c(cc1OC)N(CCN)CCC(=O)N2. The lowest BCUT2D eigenvalue weighted by Crippen LogP contribution is -2.30. The second kappa shape index (κ2) is 5.79. The predicted molar refractivity (Wildman–Crippen MR) is 74.1 cm³/mol. The molecule has 19 heavy (non-hydrogen) atoms. The first-order chi connectivity index (χ1) is 9.19. The van der Waals surface area contributed by atoms with Crippen LogP contribution in [0.4, 0.5) is 11.4 Å². The molecule has 0 spiro atoms. The van der Waals surface area contributed by atoms with Crippen LogP contribution in [0, 0.1) is 0 Å². The van der Waals surface area contributed by atoms with E-state index in [0.29, 0.717) is 37.6 Å². The molecule has 0 saturated carbocycles. The van der Waals surface area contributed by atoms with Gasteiger partial charge in [-0.1, -0.05) is 0 Å². The van der Waals surface area contributed by atoms with Crippen molar-refractivity contribution in [3.05, 3.63) is 12.1 Å². The van der Waals surface area contributed by atoms with E-state index < -0.39 is 0 Å². The standard InChI is InChI=1S/C13H19N3O3/c1-18-11-7-9-10(8-12(11)19-2)16(6-4-14)5-3-13(17)15-9/h7-8H,3-6,14H2,1-2H3,(H,15,17). The van der Waals surface area contributed by atoms with Crippen molar-refractivity contribution in [2.24, 2.45) is 5.73 Å². The zero-order valence-electron chi connectivity index (χ0n) is 11.2. The predicted octanol–water partition coefficient (Wildman–Crippen LogP) is 0.811. The summed E-state index contributed by atoms with van der Waals surface area (Å²) in [6.45, 7) is 1.87. The van der Waals surface area contributed by atoms with Gasteiger partial charge >= 0.3 is 0 Å². The van der Waals surface area contributed by atoms with Gasteiger partial charge in [0, 0.05) is 38.2 Å². The van der Waals surface area contributed by atoms with Crippen molar-refractivity contribution in [1.82, 2.24) is 0 Å². The van der Waals surface area contributed by atoms with Crippen molar-refractivity contribution in [3.8, 4) is 11.5 Å². The Hall–Kier alpha value is -1.95. The number of benzene rings is 1. The molecule has 6 heteroatoms.